The summed E-state index contributed by atoms with van der Waals surface area (Å²) in [5, 5.41) is 3.15. The third-order valence-corrected chi connectivity index (χ3v) is 6.81. The number of nitrogens with zero attached hydrogens (tertiary/aromatic N) is 3. The lowest BCUT2D eigenvalue weighted by Gasteiger charge is -2.31. The topological polar surface area (TPSA) is 53.5 Å². The number of hydrogen-bond donors (Lipinski definition) is 0. The highest BCUT2D eigenvalue weighted by Crippen LogP contribution is 2.29. The number of thiazole rings is 1. The summed E-state index contributed by atoms with van der Waals surface area (Å²) in [5.41, 5.74) is 0.942. The number of likely N-dealkylation sites (tertiary alicyclic amines) is 1. The predicted octanol–water partition coefficient (Wildman–Crippen LogP) is 3.80. The Hall–Kier alpha value is -1.43. The van der Waals surface area contributed by atoms with Crippen LogP contribution in [0.1, 0.15) is 75.4 Å². The molecule has 3 rings (SSSR count). The second kappa shape index (κ2) is 8.51. The van der Waals surface area contributed by atoms with Gasteiger partial charge in [0.1, 0.15) is 6.04 Å². The van der Waals surface area contributed by atoms with Crippen LogP contribution in [0.25, 0.3) is 0 Å². The molecule has 1 saturated carbocycles. The van der Waals surface area contributed by atoms with Crippen molar-refractivity contribution >= 4 is 23.2 Å². The van der Waals surface area contributed by atoms with E-state index in [2.05, 4.69) is 18.8 Å². The minimum absolute atomic E-state index is 0.0609. The standard InChI is InChI=1S/C20H31N3O2S/c1-14(2)18-21-16(13-26-18)12-22(3)20(25)17-10-7-11-23(17)19(24)15-8-5-4-6-9-15/h13-15,17H,4-12H2,1-3H3/t17-/m1/s1. The normalized spacial score (nSPS) is 21.4. The Morgan fingerprint density at radius 3 is 2.62 bits per heavy atom. The highest BCUT2D eigenvalue weighted by molar-refractivity contribution is 7.09. The highest BCUT2D eigenvalue weighted by Gasteiger charge is 2.38. The van der Waals surface area contributed by atoms with Crippen LogP contribution in [-0.4, -0.2) is 46.2 Å². The van der Waals surface area contributed by atoms with Gasteiger partial charge in [0.05, 0.1) is 17.2 Å². The Labute approximate surface area is 160 Å². The van der Waals surface area contributed by atoms with Crippen LogP contribution >= 0.6 is 11.3 Å². The molecule has 6 heteroatoms. The molecule has 1 atom stereocenters. The average Bonchev–Trinajstić information content (AvgIpc) is 3.30. The molecule has 2 aliphatic rings. The Balaban J connectivity index is 1.62. The Morgan fingerprint density at radius 1 is 1.23 bits per heavy atom. The van der Waals surface area contributed by atoms with Gasteiger partial charge in [0, 0.05) is 30.8 Å². The largest absolute Gasteiger partial charge is 0.338 e. The van der Waals surface area contributed by atoms with Gasteiger partial charge >= 0.3 is 0 Å². The van der Waals surface area contributed by atoms with Crippen LogP contribution in [-0.2, 0) is 16.1 Å². The van der Waals surface area contributed by atoms with E-state index in [4.69, 9.17) is 0 Å². The van der Waals surface area contributed by atoms with Gasteiger partial charge in [-0.3, -0.25) is 9.59 Å². The first-order valence-electron chi connectivity index (χ1n) is 9.97. The van der Waals surface area contributed by atoms with Crippen LogP contribution in [0.5, 0.6) is 0 Å². The van der Waals surface area contributed by atoms with Gasteiger partial charge in [0.2, 0.25) is 11.8 Å². The molecule has 1 aromatic heterocycles. The maximum Gasteiger partial charge on any atom is 0.245 e. The van der Waals surface area contributed by atoms with E-state index in [1.807, 2.05) is 17.3 Å². The molecule has 1 aliphatic heterocycles. The van der Waals surface area contributed by atoms with Crippen molar-refractivity contribution < 1.29 is 9.59 Å². The van der Waals surface area contributed by atoms with Crippen molar-refractivity contribution in [3.8, 4) is 0 Å². The minimum Gasteiger partial charge on any atom is -0.338 e. The fraction of sp³-hybridized carbons (Fsp3) is 0.750. The molecule has 0 spiro atoms. The molecule has 0 unspecified atom stereocenters. The molecule has 2 amide bonds. The third kappa shape index (κ3) is 4.27. The zero-order valence-electron chi connectivity index (χ0n) is 16.2. The summed E-state index contributed by atoms with van der Waals surface area (Å²) in [6, 6.07) is -0.280. The van der Waals surface area contributed by atoms with E-state index in [0.29, 0.717) is 12.5 Å². The summed E-state index contributed by atoms with van der Waals surface area (Å²) in [5.74, 6) is 0.818. The van der Waals surface area contributed by atoms with E-state index in [1.165, 1.54) is 6.42 Å². The zero-order chi connectivity index (χ0) is 18.7. The lowest BCUT2D eigenvalue weighted by molar-refractivity contribution is -0.146. The van der Waals surface area contributed by atoms with Gasteiger partial charge in [-0.15, -0.1) is 11.3 Å². The molecular formula is C20H31N3O2S. The number of amides is 2. The maximum atomic E-state index is 13.0. The van der Waals surface area contributed by atoms with E-state index < -0.39 is 0 Å². The predicted molar refractivity (Wildman–Crippen MR) is 104 cm³/mol. The van der Waals surface area contributed by atoms with Gasteiger partial charge < -0.3 is 9.80 Å². The fourth-order valence-corrected chi connectivity index (χ4v) is 4.93. The first kappa shape index (κ1) is 19.3. The van der Waals surface area contributed by atoms with Crippen molar-refractivity contribution in [1.82, 2.24) is 14.8 Å². The number of carbonyl (C=O) groups excluding carboxylic acids is 2. The molecule has 0 radical (unpaired) electrons. The van der Waals surface area contributed by atoms with E-state index in [1.54, 1.807) is 16.2 Å². The average molecular weight is 378 g/mol. The second-order valence-electron chi connectivity index (χ2n) is 8.05. The van der Waals surface area contributed by atoms with E-state index in [-0.39, 0.29) is 23.8 Å². The van der Waals surface area contributed by atoms with Crippen molar-refractivity contribution in [2.24, 2.45) is 5.92 Å². The van der Waals surface area contributed by atoms with Crippen LogP contribution in [0.4, 0.5) is 0 Å². The first-order valence-corrected chi connectivity index (χ1v) is 10.8. The van der Waals surface area contributed by atoms with Crippen LogP contribution < -0.4 is 0 Å². The number of aromatic nitrogens is 1. The lowest BCUT2D eigenvalue weighted by Crippen LogP contribution is -2.48. The molecule has 0 N–H and O–H groups in total. The quantitative estimate of drug-likeness (QED) is 0.784. The Bertz CT molecular complexity index is 637. The van der Waals surface area contributed by atoms with Crippen molar-refractivity contribution in [1.29, 1.82) is 0 Å². The van der Waals surface area contributed by atoms with E-state index in [9.17, 15) is 9.59 Å². The number of carbonyl (C=O) groups is 2. The molecule has 1 aliphatic carbocycles. The summed E-state index contributed by atoms with van der Waals surface area (Å²) < 4.78 is 0. The summed E-state index contributed by atoms with van der Waals surface area (Å²) in [6.07, 6.45) is 7.22. The van der Waals surface area contributed by atoms with Crippen molar-refractivity contribution in [3.63, 3.8) is 0 Å². The van der Waals surface area contributed by atoms with Crippen LogP contribution in [0.2, 0.25) is 0 Å². The van der Waals surface area contributed by atoms with Crippen molar-refractivity contribution in [2.75, 3.05) is 13.6 Å². The summed E-state index contributed by atoms with van der Waals surface area (Å²) >= 11 is 1.65. The number of likely N-dealkylation sites (N-methyl/N-ethyl adjacent to an activating group) is 1. The fourth-order valence-electron chi connectivity index (χ4n) is 4.11. The molecule has 2 fully saturated rings. The van der Waals surface area contributed by atoms with Crippen LogP contribution in [0, 0.1) is 5.92 Å². The Morgan fingerprint density at radius 2 is 1.96 bits per heavy atom. The lowest BCUT2D eigenvalue weighted by atomic mass is 9.88. The summed E-state index contributed by atoms with van der Waals surface area (Å²) in [4.78, 5) is 34.2. The molecule has 144 valence electrons. The highest BCUT2D eigenvalue weighted by atomic mass is 32.1. The molecule has 26 heavy (non-hydrogen) atoms. The van der Waals surface area contributed by atoms with Crippen LogP contribution in [0.15, 0.2) is 5.38 Å². The Kier molecular flexibility index (Phi) is 6.33. The molecule has 1 saturated heterocycles. The van der Waals surface area contributed by atoms with Gasteiger partial charge in [-0.2, -0.15) is 0 Å². The minimum atomic E-state index is -0.280. The molecule has 0 aromatic carbocycles. The van der Waals surface area contributed by atoms with E-state index >= 15 is 0 Å². The van der Waals surface area contributed by atoms with Gasteiger partial charge in [0.25, 0.3) is 0 Å². The van der Waals surface area contributed by atoms with Gasteiger partial charge in [-0.1, -0.05) is 33.1 Å². The van der Waals surface area contributed by atoms with Gasteiger partial charge in [0.15, 0.2) is 0 Å². The molecule has 0 bridgehead atoms. The number of rotatable bonds is 5. The van der Waals surface area contributed by atoms with Crippen molar-refractivity contribution in [2.45, 2.75) is 77.3 Å². The SMILES string of the molecule is CC(C)c1nc(CN(C)C(=O)[C@H]2CCCN2C(=O)C2CCCCC2)cs1. The van der Waals surface area contributed by atoms with Crippen LogP contribution in [0.3, 0.4) is 0 Å². The smallest absolute Gasteiger partial charge is 0.245 e. The molecule has 2 heterocycles. The monoisotopic (exact) mass is 377 g/mol. The first-order chi connectivity index (χ1) is 12.5. The number of hydrogen-bond acceptors (Lipinski definition) is 4. The maximum absolute atomic E-state index is 13.0. The molecule has 5 nitrogen and oxygen atoms in total. The van der Waals surface area contributed by atoms with E-state index in [0.717, 1.165) is 55.8 Å². The van der Waals surface area contributed by atoms with Crippen molar-refractivity contribution in [3.05, 3.63) is 16.1 Å². The van der Waals surface area contributed by atoms with Gasteiger partial charge in [-0.05, 0) is 25.7 Å². The zero-order valence-corrected chi connectivity index (χ0v) is 17.1. The summed E-state index contributed by atoms with van der Waals surface area (Å²) in [7, 11) is 1.83. The molecular weight excluding hydrogens is 346 g/mol. The van der Waals surface area contributed by atoms with Gasteiger partial charge in [-0.25, -0.2) is 4.98 Å². The second-order valence-corrected chi connectivity index (χ2v) is 8.94. The summed E-state index contributed by atoms with van der Waals surface area (Å²) in [6.45, 7) is 5.51. The third-order valence-electron chi connectivity index (χ3n) is 5.61. The molecule has 1 aromatic rings.